The molecule has 2 heterocycles. The fourth-order valence-corrected chi connectivity index (χ4v) is 3.39. The third-order valence-electron chi connectivity index (χ3n) is 4.39. The van der Waals surface area contributed by atoms with Crippen LogP contribution in [-0.2, 0) is 0 Å². The van der Waals surface area contributed by atoms with Crippen molar-refractivity contribution >= 4 is 23.2 Å². The molecule has 0 spiro atoms. The first-order valence-electron chi connectivity index (χ1n) is 8.80. The molecule has 0 aliphatic heterocycles. The molecule has 4 rings (SSSR count). The maximum Gasteiger partial charge on any atom is 0.345 e. The Labute approximate surface area is 170 Å². The summed E-state index contributed by atoms with van der Waals surface area (Å²) in [5, 5.41) is 14.5. The molecule has 4 aromatic rings. The van der Waals surface area contributed by atoms with Crippen molar-refractivity contribution in [2.75, 3.05) is 6.61 Å². The number of hydrogen-bond acceptors (Lipinski definition) is 4. The number of carboxylic acid groups (broad SMARTS) is 1. The molecule has 0 aliphatic rings. The molecule has 0 unspecified atom stereocenters. The first-order valence-corrected chi connectivity index (χ1v) is 9.17. The Morgan fingerprint density at radius 1 is 1.17 bits per heavy atom. The monoisotopic (exact) mass is 411 g/mol. The van der Waals surface area contributed by atoms with Crippen molar-refractivity contribution in [3.63, 3.8) is 0 Å². The van der Waals surface area contributed by atoms with Crippen molar-refractivity contribution in [1.82, 2.24) is 14.6 Å². The SMILES string of the molecule is CCOc1nn2c(-c3ccc(F)cc3)c(-c3ccccc3Cl)cnc2c1C(=O)O. The van der Waals surface area contributed by atoms with Gasteiger partial charge in [0, 0.05) is 27.9 Å². The summed E-state index contributed by atoms with van der Waals surface area (Å²) in [4.78, 5) is 16.2. The number of nitrogens with zero attached hydrogens (tertiary/aromatic N) is 3. The van der Waals surface area contributed by atoms with Crippen LogP contribution >= 0.6 is 11.6 Å². The van der Waals surface area contributed by atoms with Gasteiger partial charge < -0.3 is 9.84 Å². The van der Waals surface area contributed by atoms with E-state index >= 15 is 0 Å². The van der Waals surface area contributed by atoms with E-state index < -0.39 is 5.97 Å². The lowest BCUT2D eigenvalue weighted by molar-refractivity contribution is 0.0694. The number of halogens is 2. The van der Waals surface area contributed by atoms with Gasteiger partial charge in [0.05, 0.1) is 12.3 Å². The van der Waals surface area contributed by atoms with Crippen molar-refractivity contribution < 1.29 is 19.0 Å². The first kappa shape index (κ1) is 18.9. The largest absolute Gasteiger partial charge is 0.477 e. The van der Waals surface area contributed by atoms with E-state index in [1.807, 2.05) is 12.1 Å². The average molecular weight is 412 g/mol. The summed E-state index contributed by atoms with van der Waals surface area (Å²) in [5.41, 5.74) is 2.44. The topological polar surface area (TPSA) is 76.7 Å². The maximum absolute atomic E-state index is 13.5. The van der Waals surface area contributed by atoms with Crippen LogP contribution in [-0.4, -0.2) is 32.3 Å². The van der Waals surface area contributed by atoms with Crippen molar-refractivity contribution in [1.29, 1.82) is 0 Å². The minimum Gasteiger partial charge on any atom is -0.477 e. The molecule has 0 fully saturated rings. The fraction of sp³-hybridized carbons (Fsp3) is 0.0952. The van der Waals surface area contributed by atoms with Gasteiger partial charge in [0.25, 0.3) is 0 Å². The van der Waals surface area contributed by atoms with Gasteiger partial charge in [0.2, 0.25) is 5.88 Å². The number of ether oxygens (including phenoxy) is 1. The van der Waals surface area contributed by atoms with Crippen molar-refractivity contribution in [2.24, 2.45) is 0 Å². The predicted molar refractivity (Wildman–Crippen MR) is 107 cm³/mol. The molecule has 0 radical (unpaired) electrons. The highest BCUT2D eigenvalue weighted by atomic mass is 35.5. The second kappa shape index (κ2) is 7.52. The van der Waals surface area contributed by atoms with E-state index in [4.69, 9.17) is 16.3 Å². The number of carboxylic acids is 1. The van der Waals surface area contributed by atoms with Crippen molar-refractivity contribution in [3.05, 3.63) is 71.1 Å². The average Bonchev–Trinajstić information content (AvgIpc) is 3.07. The first-order chi connectivity index (χ1) is 14.0. The van der Waals surface area contributed by atoms with E-state index in [-0.39, 0.29) is 29.5 Å². The second-order valence-corrected chi connectivity index (χ2v) is 6.57. The second-order valence-electron chi connectivity index (χ2n) is 6.16. The molecule has 146 valence electrons. The number of fused-ring (bicyclic) bond motifs is 1. The molecule has 0 amide bonds. The van der Waals surface area contributed by atoms with Crippen LogP contribution in [0, 0.1) is 5.82 Å². The third kappa shape index (κ3) is 3.30. The Morgan fingerprint density at radius 2 is 1.90 bits per heavy atom. The lowest BCUT2D eigenvalue weighted by Gasteiger charge is -2.13. The third-order valence-corrected chi connectivity index (χ3v) is 4.72. The molecule has 8 heteroatoms. The molecule has 2 aromatic heterocycles. The Morgan fingerprint density at radius 3 is 2.55 bits per heavy atom. The van der Waals surface area contributed by atoms with Crippen LogP contribution in [0.4, 0.5) is 4.39 Å². The van der Waals surface area contributed by atoms with Crippen LogP contribution in [0.1, 0.15) is 17.3 Å². The van der Waals surface area contributed by atoms with Crippen LogP contribution in [0.2, 0.25) is 5.02 Å². The van der Waals surface area contributed by atoms with Crippen LogP contribution in [0.3, 0.4) is 0 Å². The zero-order valence-corrected chi connectivity index (χ0v) is 16.0. The molecule has 2 aromatic carbocycles. The number of aromatic nitrogens is 3. The number of rotatable bonds is 5. The van der Waals surface area contributed by atoms with Gasteiger partial charge in [-0.25, -0.2) is 18.7 Å². The molecule has 0 saturated heterocycles. The van der Waals surface area contributed by atoms with E-state index in [2.05, 4.69) is 10.1 Å². The summed E-state index contributed by atoms with van der Waals surface area (Å²) in [6.45, 7) is 1.98. The lowest BCUT2D eigenvalue weighted by atomic mass is 10.0. The standard InChI is InChI=1S/C21H15ClFN3O3/c1-2-29-20-17(21(27)28)19-24-11-15(14-5-3-4-6-16(14)22)18(26(19)25-20)12-7-9-13(23)10-8-12/h3-11H,2H2,1H3,(H,27,28). The highest BCUT2D eigenvalue weighted by Gasteiger charge is 2.25. The Balaban J connectivity index is 2.11. The quantitative estimate of drug-likeness (QED) is 0.502. The van der Waals surface area contributed by atoms with E-state index in [1.165, 1.54) is 16.6 Å². The van der Waals surface area contributed by atoms with Crippen LogP contribution < -0.4 is 4.74 Å². The van der Waals surface area contributed by atoms with Crippen LogP contribution in [0.15, 0.2) is 54.7 Å². The molecule has 0 bridgehead atoms. The van der Waals surface area contributed by atoms with E-state index in [9.17, 15) is 14.3 Å². The zero-order chi connectivity index (χ0) is 20.5. The number of aromatic carboxylic acids is 1. The van der Waals surface area contributed by atoms with Crippen LogP contribution in [0.5, 0.6) is 5.88 Å². The van der Waals surface area contributed by atoms with Gasteiger partial charge in [-0.3, -0.25) is 0 Å². The summed E-state index contributed by atoms with van der Waals surface area (Å²) < 4.78 is 20.4. The summed E-state index contributed by atoms with van der Waals surface area (Å²) in [5.74, 6) is -1.63. The number of benzene rings is 2. The van der Waals surface area contributed by atoms with Gasteiger partial charge in [-0.15, -0.1) is 5.10 Å². The highest BCUT2D eigenvalue weighted by Crippen LogP contribution is 2.37. The van der Waals surface area contributed by atoms with E-state index in [0.717, 1.165) is 0 Å². The maximum atomic E-state index is 13.5. The van der Waals surface area contributed by atoms with Gasteiger partial charge in [-0.1, -0.05) is 29.8 Å². The van der Waals surface area contributed by atoms with Gasteiger partial charge in [-0.2, -0.15) is 0 Å². The van der Waals surface area contributed by atoms with Crippen LogP contribution in [0.25, 0.3) is 28.0 Å². The molecular weight excluding hydrogens is 397 g/mol. The summed E-state index contributed by atoms with van der Waals surface area (Å²) >= 11 is 6.40. The van der Waals surface area contributed by atoms with E-state index in [0.29, 0.717) is 27.4 Å². The molecule has 0 atom stereocenters. The minimum atomic E-state index is -1.20. The van der Waals surface area contributed by atoms with E-state index in [1.54, 1.807) is 37.4 Å². The number of carbonyl (C=O) groups is 1. The summed E-state index contributed by atoms with van der Waals surface area (Å²) in [6, 6.07) is 13.0. The minimum absolute atomic E-state index is 0.0350. The Bertz CT molecular complexity index is 1220. The molecule has 29 heavy (non-hydrogen) atoms. The smallest absolute Gasteiger partial charge is 0.345 e. The number of hydrogen-bond donors (Lipinski definition) is 1. The van der Waals surface area contributed by atoms with Crippen molar-refractivity contribution in [2.45, 2.75) is 6.92 Å². The normalized spacial score (nSPS) is 11.0. The molecule has 0 aliphatic carbocycles. The Kier molecular flexibility index (Phi) is 4.90. The highest BCUT2D eigenvalue weighted by molar-refractivity contribution is 6.33. The summed E-state index contributed by atoms with van der Waals surface area (Å²) in [7, 11) is 0. The van der Waals surface area contributed by atoms with Gasteiger partial charge in [-0.05, 0) is 37.3 Å². The molecule has 1 N–H and O–H groups in total. The zero-order valence-electron chi connectivity index (χ0n) is 15.3. The molecule has 0 saturated carbocycles. The summed E-state index contributed by atoms with van der Waals surface area (Å²) in [6.07, 6.45) is 1.54. The predicted octanol–water partition coefficient (Wildman–Crippen LogP) is 4.95. The van der Waals surface area contributed by atoms with Gasteiger partial charge in [0.1, 0.15) is 5.82 Å². The molecule has 6 nitrogen and oxygen atoms in total. The Hall–Kier alpha value is -3.45. The molecular formula is C21H15ClFN3O3. The van der Waals surface area contributed by atoms with Gasteiger partial charge in [0.15, 0.2) is 11.2 Å². The lowest BCUT2D eigenvalue weighted by Crippen LogP contribution is -2.03. The fourth-order valence-electron chi connectivity index (χ4n) is 3.15. The van der Waals surface area contributed by atoms with Crippen molar-refractivity contribution in [3.8, 4) is 28.3 Å². The van der Waals surface area contributed by atoms with Gasteiger partial charge >= 0.3 is 5.97 Å².